The van der Waals surface area contributed by atoms with Crippen LogP contribution in [0.25, 0.3) is 0 Å². The van der Waals surface area contributed by atoms with E-state index in [9.17, 15) is 80.8 Å². The lowest BCUT2D eigenvalue weighted by molar-refractivity contribution is -0.392. The van der Waals surface area contributed by atoms with Crippen LogP contribution in [0, 0.1) is 50.2 Å². The lowest BCUT2D eigenvalue weighted by Gasteiger charge is -2.72. The second-order valence-corrected chi connectivity index (χ2v) is 25.6. The maximum absolute atomic E-state index is 13.3. The van der Waals surface area contributed by atoms with Crippen molar-refractivity contribution in [3.05, 3.63) is 23.3 Å². The number of hydrogen-bond acceptors (Lipinski definition) is 23. The van der Waals surface area contributed by atoms with Crippen LogP contribution in [0.4, 0.5) is 0 Å². The lowest BCUT2D eigenvalue weighted by Crippen LogP contribution is -2.72. The highest BCUT2D eigenvalue weighted by molar-refractivity contribution is 5.87. The Labute approximate surface area is 459 Å². The number of carboxylic acids is 1. The van der Waals surface area contributed by atoms with E-state index in [1.807, 2.05) is 20.8 Å². The molecule has 0 aromatic heterocycles. The third kappa shape index (κ3) is 10.0. The van der Waals surface area contributed by atoms with Crippen LogP contribution in [-0.4, -0.2) is 227 Å². The molecule has 8 rings (SSSR count). The van der Waals surface area contributed by atoms with E-state index < -0.39 is 193 Å². The number of carboxylic acid groups (broad SMARTS) is 1. The first kappa shape index (κ1) is 62.2. The normalized spacial score (nSPS) is 50.6. The topological polar surface area (TPSA) is 388 Å². The second-order valence-electron chi connectivity index (χ2n) is 25.6. The molecule has 0 spiro atoms. The van der Waals surface area contributed by atoms with Gasteiger partial charge in [0.05, 0.1) is 37.4 Å². The van der Waals surface area contributed by atoms with E-state index in [0.717, 1.165) is 5.57 Å². The van der Waals surface area contributed by atoms with Crippen molar-refractivity contribution in [2.24, 2.45) is 50.2 Å². The average Bonchev–Trinajstić information content (AvgIpc) is 1.69. The van der Waals surface area contributed by atoms with Crippen molar-refractivity contribution in [1.29, 1.82) is 0 Å². The van der Waals surface area contributed by atoms with Crippen LogP contribution in [-0.2, 0) is 52.3 Å². The third-order valence-electron chi connectivity index (χ3n) is 21.0. The fourth-order valence-corrected chi connectivity index (χ4v) is 16.1. The van der Waals surface area contributed by atoms with Crippen molar-refractivity contribution >= 4 is 17.9 Å². The number of hydrogen-bond donors (Lipinski definition) is 13. The zero-order valence-electron chi connectivity index (χ0n) is 46.4. The summed E-state index contributed by atoms with van der Waals surface area (Å²) in [4.78, 5) is 39.0. The fraction of sp³-hybridized carbons (Fsp3) is 0.873. The molecular weight excluding hydrogens is 1040 g/mol. The van der Waals surface area contributed by atoms with E-state index in [4.69, 9.17) is 37.9 Å². The van der Waals surface area contributed by atoms with Crippen LogP contribution < -0.4 is 0 Å². The third-order valence-corrected chi connectivity index (χ3v) is 21.0. The summed E-state index contributed by atoms with van der Waals surface area (Å²) in [6.07, 6.45) is -26.8. The molecule has 0 aromatic carbocycles. The fourth-order valence-electron chi connectivity index (χ4n) is 16.1. The van der Waals surface area contributed by atoms with Gasteiger partial charge in [0.2, 0.25) is 0 Å². The first-order valence-corrected chi connectivity index (χ1v) is 27.7. The molecule has 24 nitrogen and oxygen atoms in total. The van der Waals surface area contributed by atoms with Crippen molar-refractivity contribution in [3.63, 3.8) is 0 Å². The van der Waals surface area contributed by atoms with Crippen LogP contribution in [0.15, 0.2) is 23.3 Å². The maximum Gasteiger partial charge on any atom is 0.335 e. The highest BCUT2D eigenvalue weighted by Crippen LogP contribution is 2.76. The van der Waals surface area contributed by atoms with E-state index >= 15 is 0 Å². The summed E-state index contributed by atoms with van der Waals surface area (Å²) in [6.45, 7) is 14.3. The van der Waals surface area contributed by atoms with Gasteiger partial charge in [0.15, 0.2) is 25.0 Å². The Hall–Kier alpha value is -2.83. The second kappa shape index (κ2) is 22.6. The van der Waals surface area contributed by atoms with Crippen molar-refractivity contribution in [3.8, 4) is 0 Å². The van der Waals surface area contributed by atoms with Crippen LogP contribution in [0.2, 0.25) is 0 Å². The Morgan fingerprint density at radius 2 is 1.28 bits per heavy atom. The summed E-state index contributed by atoms with van der Waals surface area (Å²) in [5, 5.41) is 144. The van der Waals surface area contributed by atoms with Crippen LogP contribution in [0.5, 0.6) is 0 Å². The van der Waals surface area contributed by atoms with Gasteiger partial charge in [0.1, 0.15) is 86.0 Å². The van der Waals surface area contributed by atoms with Crippen LogP contribution >= 0.6 is 0 Å². The number of ether oxygens (including phenoxy) is 8. The number of esters is 2. The molecule has 3 aliphatic heterocycles. The Kier molecular flexibility index (Phi) is 17.8. The zero-order chi connectivity index (χ0) is 58.4. The average molecular weight is 1130 g/mol. The molecule has 79 heavy (non-hydrogen) atoms. The monoisotopic (exact) mass is 1130 g/mol. The molecule has 0 amide bonds. The number of aliphatic hydroxyl groups excluding tert-OH is 12. The van der Waals surface area contributed by atoms with Gasteiger partial charge in [-0.1, -0.05) is 59.3 Å². The van der Waals surface area contributed by atoms with Crippen molar-refractivity contribution in [1.82, 2.24) is 0 Å². The van der Waals surface area contributed by atoms with Crippen molar-refractivity contribution in [2.45, 2.75) is 224 Å². The van der Waals surface area contributed by atoms with Gasteiger partial charge in [0, 0.05) is 23.3 Å². The summed E-state index contributed by atoms with van der Waals surface area (Å²) in [5.74, 6) is -3.82. The molecule has 8 aliphatic rings. The van der Waals surface area contributed by atoms with Gasteiger partial charge >= 0.3 is 17.9 Å². The van der Waals surface area contributed by atoms with Crippen molar-refractivity contribution in [2.75, 3.05) is 26.4 Å². The molecule has 0 aromatic rings. The van der Waals surface area contributed by atoms with E-state index in [2.05, 4.69) is 26.8 Å². The first-order valence-electron chi connectivity index (χ1n) is 27.7. The van der Waals surface area contributed by atoms with Crippen LogP contribution in [0.1, 0.15) is 107 Å². The highest BCUT2D eigenvalue weighted by Gasteiger charge is 2.74. The summed E-state index contributed by atoms with van der Waals surface area (Å²) < 4.78 is 47.7. The van der Waals surface area contributed by atoms with Gasteiger partial charge in [-0.15, -0.1) is 0 Å². The van der Waals surface area contributed by atoms with Gasteiger partial charge in [-0.3, -0.25) is 4.79 Å². The molecule has 7 fully saturated rings. The Balaban J connectivity index is 1.11. The van der Waals surface area contributed by atoms with Gasteiger partial charge < -0.3 is 104 Å². The molecule has 6 unspecified atom stereocenters. The summed E-state index contributed by atoms with van der Waals surface area (Å²) >= 11 is 0. The minimum absolute atomic E-state index is 0.0849. The number of aliphatic carboxylic acids is 1. The van der Waals surface area contributed by atoms with Gasteiger partial charge in [-0.2, -0.15) is 0 Å². The minimum atomic E-state index is -2.18. The first-order chi connectivity index (χ1) is 36.9. The maximum atomic E-state index is 13.3. The molecule has 13 N–H and O–H groups in total. The summed E-state index contributed by atoms with van der Waals surface area (Å²) in [7, 11) is 0. The Bertz CT molecular complexity index is 2290. The molecule has 3 heterocycles. The minimum Gasteiger partial charge on any atom is -0.479 e. The van der Waals surface area contributed by atoms with Crippen LogP contribution in [0.3, 0.4) is 0 Å². The smallest absolute Gasteiger partial charge is 0.335 e. The predicted molar refractivity (Wildman–Crippen MR) is 269 cm³/mol. The number of carbonyl (C=O) groups is 3. The molecule has 3 saturated heterocycles. The molecule has 0 bridgehead atoms. The van der Waals surface area contributed by atoms with Gasteiger partial charge in [-0.25, -0.2) is 9.59 Å². The number of rotatable bonds is 14. The number of aliphatic hydroxyl groups is 12. The molecular formula is C55H86O24. The standard InChI is InChI=1S/C55H86O24/c1-10-23(2)46(71)79-44-43(68)55(22-72-24(3)59)26(17-50(44,4)5)25-11-12-30-51(6)15-14-32(52(7,21-58)29(51)13-16-53(30,8)54(25,9)18-31(55)60)75-49-41(77-48-38(66)36(64)34(62)28(20-57)74-48)39(67)40(42(78-49)45(69)70)76-47-37(65)35(63)33(61)27(19-56)73-47/h10-11,26-44,47-49,56-58,60-68H,12-22H2,1-9H3,(H,69,70)/b23-10+/t26?,27-,28-,29-,30-,31-,32?,33-,34-,35+,36+,37-,38-,39+,40+,41-,42+,43+,44?,47+,48+,49-,51?,52-,53?,54-,55?/m1/s1. The molecule has 24 heteroatoms. The van der Waals surface area contributed by atoms with E-state index in [1.165, 1.54) is 6.92 Å². The van der Waals surface area contributed by atoms with Gasteiger partial charge in [0.25, 0.3) is 0 Å². The quantitative estimate of drug-likeness (QED) is 0.0415. The Morgan fingerprint density at radius 1 is 0.696 bits per heavy atom. The Morgan fingerprint density at radius 3 is 1.81 bits per heavy atom. The molecule has 0 radical (unpaired) electrons. The number of allylic oxidation sites excluding steroid dienone is 3. The van der Waals surface area contributed by atoms with E-state index in [1.54, 1.807) is 19.9 Å². The number of fused-ring (bicyclic) bond motifs is 7. The molecule has 27 atom stereocenters. The van der Waals surface area contributed by atoms with Crippen molar-refractivity contribution < 1.29 is 119 Å². The SMILES string of the molecule is C/C=C(\C)C(=O)OC1[C@H](O)C2(COC(C)=O)C(CC1(C)C)C1=CC[C@@H]3C4(C)CCC(O[C@@H]5O[C@H](C(=O)O)[C@@H](O[C@@H]6O[C@H](CO)[C@@H](O)[C@H](O)[C@H]6O)[C@H](O)[C@H]5O[C@@H]5O[C@H](CO)[C@@H](O)[C@H](O)[C@H]5O)[C@](C)(CO)[C@@H]4CCC3(C)[C@]1(C)C[C@H]2O. The van der Waals surface area contributed by atoms with E-state index in [0.29, 0.717) is 37.7 Å². The molecule has 450 valence electrons. The lowest BCUT2D eigenvalue weighted by atomic mass is 9.33. The predicted octanol–water partition coefficient (Wildman–Crippen LogP) is -1.32. The largest absolute Gasteiger partial charge is 0.479 e. The number of carbonyl (C=O) groups excluding carboxylic acids is 2. The zero-order valence-corrected chi connectivity index (χ0v) is 46.4. The highest BCUT2D eigenvalue weighted by atomic mass is 16.8. The summed E-state index contributed by atoms with van der Waals surface area (Å²) in [5.41, 5.74) is -3.78. The van der Waals surface area contributed by atoms with E-state index in [-0.39, 0.29) is 31.3 Å². The van der Waals surface area contributed by atoms with Gasteiger partial charge in [-0.05, 0) is 92.8 Å². The molecule has 5 aliphatic carbocycles. The summed E-state index contributed by atoms with van der Waals surface area (Å²) in [6, 6.07) is 0. The molecule has 4 saturated carbocycles.